The van der Waals surface area contributed by atoms with Gasteiger partial charge in [-0.25, -0.2) is 8.42 Å². The third-order valence-corrected chi connectivity index (χ3v) is 5.42. The van der Waals surface area contributed by atoms with Gasteiger partial charge in [0.05, 0.1) is 4.90 Å². The van der Waals surface area contributed by atoms with Gasteiger partial charge in [-0.05, 0) is 63.1 Å². The summed E-state index contributed by atoms with van der Waals surface area (Å²) in [6.07, 6.45) is 0. The molecule has 0 saturated heterocycles. The van der Waals surface area contributed by atoms with Crippen molar-refractivity contribution in [3.8, 4) is 0 Å². The minimum atomic E-state index is -3.87. The van der Waals surface area contributed by atoms with E-state index in [1.807, 2.05) is 26.8 Å². The number of amides is 1. The van der Waals surface area contributed by atoms with Gasteiger partial charge in [0.1, 0.15) is 6.04 Å². The van der Waals surface area contributed by atoms with Crippen LogP contribution in [0, 0.1) is 20.8 Å². The molecular weight excluding hydrogens is 380 g/mol. The summed E-state index contributed by atoms with van der Waals surface area (Å²) in [5, 5.41) is 2.64. The van der Waals surface area contributed by atoms with E-state index in [1.54, 1.807) is 24.3 Å². The second-order valence-electron chi connectivity index (χ2n) is 6.69. The van der Waals surface area contributed by atoms with Crippen LogP contribution in [0.25, 0.3) is 0 Å². The first-order chi connectivity index (χ1) is 13.1. The van der Waals surface area contributed by atoms with Crippen molar-refractivity contribution in [2.24, 2.45) is 0 Å². The highest BCUT2D eigenvalue weighted by Crippen LogP contribution is 2.14. The Balaban J connectivity index is 1.89. The lowest BCUT2D eigenvalue weighted by atomic mass is 10.1. The summed E-state index contributed by atoms with van der Waals surface area (Å²) >= 11 is 0. The lowest BCUT2D eigenvalue weighted by molar-refractivity contribution is -0.148. The second-order valence-corrected chi connectivity index (χ2v) is 8.40. The molecule has 1 atom stereocenters. The smallest absolute Gasteiger partial charge is 0.324 e. The number of ether oxygens (including phenoxy) is 1. The first kappa shape index (κ1) is 21.6. The first-order valence-electron chi connectivity index (χ1n) is 8.70. The van der Waals surface area contributed by atoms with Crippen LogP contribution < -0.4 is 10.0 Å². The summed E-state index contributed by atoms with van der Waals surface area (Å²) in [6.45, 7) is 6.50. The molecule has 0 radical (unpaired) electrons. The number of esters is 1. The van der Waals surface area contributed by atoms with Crippen molar-refractivity contribution in [3.63, 3.8) is 0 Å². The molecule has 0 aliphatic carbocycles. The number of rotatable bonds is 7. The van der Waals surface area contributed by atoms with Gasteiger partial charge in [-0.15, -0.1) is 0 Å². The van der Waals surface area contributed by atoms with E-state index in [0.29, 0.717) is 5.69 Å². The number of carbonyl (C=O) groups excluding carboxylic acids is 2. The fourth-order valence-electron chi connectivity index (χ4n) is 2.57. The van der Waals surface area contributed by atoms with E-state index in [1.165, 1.54) is 19.1 Å². The van der Waals surface area contributed by atoms with E-state index >= 15 is 0 Å². The molecule has 2 aromatic rings. The molecule has 0 unspecified atom stereocenters. The van der Waals surface area contributed by atoms with Crippen molar-refractivity contribution in [2.75, 3.05) is 11.9 Å². The Morgan fingerprint density at radius 1 is 0.964 bits per heavy atom. The molecule has 0 spiro atoms. The largest absolute Gasteiger partial charge is 0.454 e. The van der Waals surface area contributed by atoms with Gasteiger partial charge in [0, 0.05) is 5.69 Å². The Hall–Kier alpha value is -2.71. The van der Waals surface area contributed by atoms with Crippen LogP contribution in [0.2, 0.25) is 0 Å². The molecule has 0 fully saturated rings. The molecule has 2 N–H and O–H groups in total. The highest BCUT2D eigenvalue weighted by molar-refractivity contribution is 7.89. The van der Waals surface area contributed by atoms with Crippen LogP contribution in [0.1, 0.15) is 23.6 Å². The highest BCUT2D eigenvalue weighted by Gasteiger charge is 2.23. The van der Waals surface area contributed by atoms with E-state index in [9.17, 15) is 18.0 Å². The van der Waals surface area contributed by atoms with E-state index < -0.39 is 34.5 Å². The minimum Gasteiger partial charge on any atom is -0.454 e. The zero-order chi connectivity index (χ0) is 20.9. The standard InChI is InChI=1S/C20H24N2O5S/c1-13-5-7-18(8-6-13)28(25,26)22-16(4)20(24)27-12-19(23)21-17-10-14(2)9-15(3)11-17/h5-11,16,22H,12H2,1-4H3,(H,21,23)/t16-/m0/s1. The zero-order valence-electron chi connectivity index (χ0n) is 16.3. The summed E-state index contributed by atoms with van der Waals surface area (Å²) < 4.78 is 31.8. The second kappa shape index (κ2) is 8.99. The number of benzene rings is 2. The fraction of sp³-hybridized carbons (Fsp3) is 0.300. The molecule has 2 aromatic carbocycles. The number of hydrogen-bond acceptors (Lipinski definition) is 5. The van der Waals surface area contributed by atoms with Gasteiger partial charge in [-0.3, -0.25) is 9.59 Å². The van der Waals surface area contributed by atoms with Crippen LogP contribution in [0.4, 0.5) is 5.69 Å². The number of carbonyl (C=O) groups is 2. The average Bonchev–Trinajstić information content (AvgIpc) is 2.58. The molecule has 0 heterocycles. The Labute approximate surface area is 165 Å². The predicted octanol–water partition coefficient (Wildman–Crippen LogP) is 2.46. The summed E-state index contributed by atoms with van der Waals surface area (Å²) in [5.41, 5.74) is 3.51. The molecule has 0 aromatic heterocycles. The molecule has 0 bridgehead atoms. The molecule has 150 valence electrons. The van der Waals surface area contributed by atoms with Crippen molar-refractivity contribution in [3.05, 3.63) is 59.2 Å². The van der Waals surface area contributed by atoms with Gasteiger partial charge >= 0.3 is 5.97 Å². The normalized spacial score (nSPS) is 12.3. The topological polar surface area (TPSA) is 102 Å². The minimum absolute atomic E-state index is 0.0466. The summed E-state index contributed by atoms with van der Waals surface area (Å²) in [6, 6.07) is 10.7. The van der Waals surface area contributed by atoms with E-state index in [-0.39, 0.29) is 4.90 Å². The summed E-state index contributed by atoms with van der Waals surface area (Å²) in [4.78, 5) is 24.1. The van der Waals surface area contributed by atoms with Gasteiger partial charge in [-0.1, -0.05) is 23.8 Å². The van der Waals surface area contributed by atoms with Crippen molar-refractivity contribution < 1.29 is 22.7 Å². The van der Waals surface area contributed by atoms with Crippen molar-refractivity contribution >= 4 is 27.6 Å². The number of nitrogens with one attached hydrogen (secondary N) is 2. The molecule has 0 aliphatic rings. The molecule has 28 heavy (non-hydrogen) atoms. The van der Waals surface area contributed by atoms with Crippen LogP contribution in [0.3, 0.4) is 0 Å². The third kappa shape index (κ3) is 6.17. The molecule has 0 saturated carbocycles. The maximum atomic E-state index is 12.3. The molecule has 8 heteroatoms. The van der Waals surface area contributed by atoms with Crippen LogP contribution in [-0.4, -0.2) is 32.9 Å². The monoisotopic (exact) mass is 404 g/mol. The molecule has 7 nitrogen and oxygen atoms in total. The van der Waals surface area contributed by atoms with Crippen LogP contribution in [0.15, 0.2) is 47.4 Å². The highest BCUT2D eigenvalue weighted by atomic mass is 32.2. The van der Waals surface area contributed by atoms with Crippen LogP contribution >= 0.6 is 0 Å². The Morgan fingerprint density at radius 3 is 2.11 bits per heavy atom. The Bertz CT molecular complexity index is 948. The quantitative estimate of drug-likeness (QED) is 0.690. The fourth-order valence-corrected chi connectivity index (χ4v) is 3.76. The SMILES string of the molecule is Cc1ccc(S(=O)(=O)N[C@@H](C)C(=O)OCC(=O)Nc2cc(C)cc(C)c2)cc1. The van der Waals surface area contributed by atoms with Gasteiger partial charge < -0.3 is 10.1 Å². The first-order valence-corrected chi connectivity index (χ1v) is 10.2. The number of hydrogen-bond donors (Lipinski definition) is 2. The van der Waals surface area contributed by atoms with Crippen molar-refractivity contribution in [1.82, 2.24) is 4.72 Å². The molecule has 2 rings (SSSR count). The van der Waals surface area contributed by atoms with Gasteiger partial charge in [0.2, 0.25) is 10.0 Å². The van der Waals surface area contributed by atoms with E-state index in [0.717, 1.165) is 16.7 Å². The van der Waals surface area contributed by atoms with Gasteiger partial charge in [0.25, 0.3) is 5.91 Å². The molecular formula is C20H24N2O5S. The lowest BCUT2D eigenvalue weighted by Gasteiger charge is -2.14. The van der Waals surface area contributed by atoms with E-state index in [2.05, 4.69) is 10.0 Å². The van der Waals surface area contributed by atoms with Crippen molar-refractivity contribution in [2.45, 2.75) is 38.6 Å². The van der Waals surface area contributed by atoms with Crippen LogP contribution in [-0.2, 0) is 24.3 Å². The third-order valence-electron chi connectivity index (χ3n) is 3.87. The Kier molecular flexibility index (Phi) is 6.93. The maximum absolute atomic E-state index is 12.3. The molecule has 0 aliphatic heterocycles. The Morgan fingerprint density at radius 2 is 1.54 bits per heavy atom. The average molecular weight is 404 g/mol. The van der Waals surface area contributed by atoms with Crippen molar-refractivity contribution in [1.29, 1.82) is 0 Å². The maximum Gasteiger partial charge on any atom is 0.324 e. The zero-order valence-corrected chi connectivity index (χ0v) is 17.1. The van der Waals surface area contributed by atoms with E-state index in [4.69, 9.17) is 4.74 Å². The number of aryl methyl sites for hydroxylation is 3. The van der Waals surface area contributed by atoms with Crippen LogP contribution in [0.5, 0.6) is 0 Å². The lowest BCUT2D eigenvalue weighted by Crippen LogP contribution is -2.40. The summed E-state index contributed by atoms with van der Waals surface area (Å²) in [7, 11) is -3.87. The number of anilines is 1. The number of sulfonamides is 1. The molecule has 1 amide bonds. The van der Waals surface area contributed by atoms with Gasteiger partial charge in [0.15, 0.2) is 6.61 Å². The summed E-state index contributed by atoms with van der Waals surface area (Å²) in [5.74, 6) is -1.35. The predicted molar refractivity (Wildman–Crippen MR) is 106 cm³/mol. The van der Waals surface area contributed by atoms with Gasteiger partial charge in [-0.2, -0.15) is 4.72 Å².